The Kier molecular flexibility index (Phi) is 7.70. The molecule has 1 radical (unpaired) electrons. The Bertz CT molecular complexity index is 1140. The monoisotopic (exact) mass is 489 g/mol. The highest BCUT2D eigenvalue weighted by Gasteiger charge is 2.32. The van der Waals surface area contributed by atoms with Gasteiger partial charge in [0, 0.05) is 39.6 Å². The Hall–Kier alpha value is -2.28. The van der Waals surface area contributed by atoms with Crippen LogP contribution in [-0.2, 0) is 16.1 Å². The van der Waals surface area contributed by atoms with Gasteiger partial charge in [-0.15, -0.1) is 0 Å². The molecule has 32 heavy (non-hydrogen) atoms. The Morgan fingerprint density at radius 2 is 1.72 bits per heavy atom. The largest absolute Gasteiger partial charge is 0.475 e. The van der Waals surface area contributed by atoms with Crippen molar-refractivity contribution < 1.29 is 14.7 Å². The third-order valence-corrected chi connectivity index (χ3v) is 6.70. The van der Waals surface area contributed by atoms with Gasteiger partial charge in [0.2, 0.25) is 5.78 Å². The normalized spacial score (nSPS) is 12.2. The van der Waals surface area contributed by atoms with E-state index in [0.717, 1.165) is 26.7 Å². The van der Waals surface area contributed by atoms with Crippen LogP contribution in [0.15, 0.2) is 52.6 Å². The molecular formula is C24H23Cl2N2O3S. The average molecular weight is 490 g/mol. The molecule has 1 unspecified atom stereocenters. The highest BCUT2D eigenvalue weighted by atomic mass is 35.5. The number of pyridine rings is 1. The molecule has 0 aliphatic carbocycles. The van der Waals surface area contributed by atoms with Crippen LogP contribution in [0.3, 0.4) is 0 Å². The number of carboxylic acid groups (broad SMARTS) is 1. The van der Waals surface area contributed by atoms with E-state index in [0.29, 0.717) is 22.2 Å². The van der Waals surface area contributed by atoms with Crippen molar-refractivity contribution in [2.75, 3.05) is 0 Å². The summed E-state index contributed by atoms with van der Waals surface area (Å²) in [7, 11) is 0. The molecule has 2 aromatic heterocycles. The molecule has 0 aliphatic rings. The summed E-state index contributed by atoms with van der Waals surface area (Å²) in [5.41, 5.74) is 3.37. The Morgan fingerprint density at radius 1 is 1.12 bits per heavy atom. The minimum atomic E-state index is -1.49. The molecule has 1 N–H and O–H groups in total. The number of hydrogen-bond donors (Lipinski definition) is 1. The van der Waals surface area contributed by atoms with Gasteiger partial charge in [-0.05, 0) is 66.8 Å². The maximum atomic E-state index is 12.4. The minimum Gasteiger partial charge on any atom is -0.475 e. The number of hydrogen-bond acceptors (Lipinski definition) is 4. The van der Waals surface area contributed by atoms with Crippen LogP contribution in [0.2, 0.25) is 10.0 Å². The molecule has 1 aromatic carbocycles. The molecule has 5 nitrogen and oxygen atoms in total. The molecule has 0 bridgehead atoms. The second kappa shape index (κ2) is 10.1. The minimum absolute atomic E-state index is 0.0189. The van der Waals surface area contributed by atoms with Gasteiger partial charge in [0.1, 0.15) is 0 Å². The third-order valence-electron chi connectivity index (χ3n) is 5.15. The first-order valence-electron chi connectivity index (χ1n) is 9.96. The topological polar surface area (TPSA) is 72.2 Å². The van der Waals surface area contributed by atoms with E-state index in [1.165, 1.54) is 11.8 Å². The van der Waals surface area contributed by atoms with Gasteiger partial charge in [0.15, 0.2) is 0 Å². The van der Waals surface area contributed by atoms with E-state index in [2.05, 4.69) is 16.5 Å². The molecule has 0 fully saturated rings. The van der Waals surface area contributed by atoms with Gasteiger partial charge >= 0.3 is 5.97 Å². The molecule has 0 spiro atoms. The number of Topliss-reactive ketones (excluding diaryl/α,β-unsaturated/α-hetero) is 1. The van der Waals surface area contributed by atoms with E-state index in [9.17, 15) is 14.7 Å². The number of ketones is 1. The number of aliphatic carboxylic acids is 1. The number of carbonyl (C=O) groups excluding carboxylic acids is 1. The van der Waals surface area contributed by atoms with Crippen molar-refractivity contribution in [2.24, 2.45) is 0 Å². The lowest BCUT2D eigenvalue weighted by Gasteiger charge is -2.15. The van der Waals surface area contributed by atoms with Crippen molar-refractivity contribution in [2.45, 2.75) is 49.1 Å². The lowest BCUT2D eigenvalue weighted by atomic mass is 9.89. The summed E-state index contributed by atoms with van der Waals surface area (Å²) < 4.78 is 2.09. The van der Waals surface area contributed by atoms with Crippen LogP contribution in [0.25, 0.3) is 0 Å². The number of carboxylic acids is 1. The first-order chi connectivity index (χ1) is 15.1. The van der Waals surface area contributed by atoms with Crippen molar-refractivity contribution in [3.05, 3.63) is 82.1 Å². The molecule has 8 heteroatoms. The Labute approximate surface area is 201 Å². The smallest absolute Gasteiger partial charge is 0.372 e. The quantitative estimate of drug-likeness (QED) is 0.371. The first-order valence-corrected chi connectivity index (χ1v) is 11.5. The molecule has 167 valence electrons. The number of carbonyl (C=O) groups is 2. The van der Waals surface area contributed by atoms with Crippen molar-refractivity contribution >= 4 is 46.7 Å². The summed E-state index contributed by atoms with van der Waals surface area (Å²) >= 11 is 13.9. The summed E-state index contributed by atoms with van der Waals surface area (Å²) in [5.74, 6) is -3.42. The van der Waals surface area contributed by atoms with E-state index in [1.54, 1.807) is 18.5 Å². The number of benzene rings is 1. The molecule has 1 atom stereocenters. The van der Waals surface area contributed by atoms with Crippen LogP contribution < -0.4 is 0 Å². The maximum Gasteiger partial charge on any atom is 0.372 e. The van der Waals surface area contributed by atoms with Crippen LogP contribution in [0, 0.1) is 13.8 Å². The first kappa shape index (κ1) is 24.4. The summed E-state index contributed by atoms with van der Waals surface area (Å²) in [4.78, 5) is 28.7. The van der Waals surface area contributed by atoms with Crippen LogP contribution in [-0.4, -0.2) is 26.4 Å². The number of rotatable bonds is 8. The van der Waals surface area contributed by atoms with E-state index < -0.39 is 17.7 Å². The van der Waals surface area contributed by atoms with Gasteiger partial charge in [-0.25, -0.2) is 4.79 Å². The van der Waals surface area contributed by atoms with E-state index in [-0.39, 0.29) is 5.92 Å². The molecule has 3 rings (SSSR count). The summed E-state index contributed by atoms with van der Waals surface area (Å²) in [6.07, 6.45) is 3.44. The zero-order valence-electron chi connectivity index (χ0n) is 17.9. The Balaban J connectivity index is 2.24. The van der Waals surface area contributed by atoms with Crippen molar-refractivity contribution in [1.82, 2.24) is 9.55 Å². The molecule has 2 heterocycles. The highest BCUT2D eigenvalue weighted by Crippen LogP contribution is 2.43. The van der Waals surface area contributed by atoms with Crippen molar-refractivity contribution in [1.29, 1.82) is 0 Å². The fraction of sp³-hybridized carbons (Fsp3) is 0.250. The molecule has 0 amide bonds. The molecule has 3 aromatic rings. The predicted molar refractivity (Wildman–Crippen MR) is 128 cm³/mol. The zero-order valence-corrected chi connectivity index (χ0v) is 20.3. The van der Waals surface area contributed by atoms with E-state index >= 15 is 0 Å². The van der Waals surface area contributed by atoms with Crippen LogP contribution in [0.4, 0.5) is 0 Å². The van der Waals surface area contributed by atoms with Crippen molar-refractivity contribution in [3.8, 4) is 0 Å². The van der Waals surface area contributed by atoms with E-state index in [4.69, 9.17) is 23.2 Å². The molecular weight excluding hydrogens is 467 g/mol. The average Bonchev–Trinajstić information content (AvgIpc) is 2.98. The highest BCUT2D eigenvalue weighted by molar-refractivity contribution is 7.99. The summed E-state index contributed by atoms with van der Waals surface area (Å²) in [6, 6.07) is 9.16. The Morgan fingerprint density at radius 3 is 2.25 bits per heavy atom. The van der Waals surface area contributed by atoms with Gasteiger partial charge in [-0.2, -0.15) is 0 Å². The fourth-order valence-electron chi connectivity index (χ4n) is 3.70. The second-order valence-corrected chi connectivity index (χ2v) is 9.68. The summed E-state index contributed by atoms with van der Waals surface area (Å²) in [6.45, 7) is 10.4. The maximum absolute atomic E-state index is 12.4. The number of halogens is 2. The fourth-order valence-corrected chi connectivity index (χ4v) is 5.72. The van der Waals surface area contributed by atoms with Gasteiger partial charge in [0.05, 0.1) is 10.9 Å². The SMILES string of the molecule is [CH2]C(C(=O)C(=O)O)c1c(C(C)C)c(Sc2cc(Cl)cc(Cl)c2)n(Cc2ccncc2)c1C. The molecule has 0 saturated carbocycles. The molecule has 0 aliphatic heterocycles. The standard InChI is InChI=1S/C24H23Cl2N2O3S/c1-13(2)20-21(14(3)22(29)24(30)31)15(4)28(12-16-5-7-27-8-6-16)23(20)32-19-10-17(25)9-18(26)11-19/h5-11,13-14H,3,12H2,1-2,4H3,(H,30,31). The van der Waals surface area contributed by atoms with Crippen LogP contribution in [0.5, 0.6) is 0 Å². The lowest BCUT2D eigenvalue weighted by Crippen LogP contribution is -2.21. The second-order valence-electron chi connectivity index (χ2n) is 7.74. The third kappa shape index (κ3) is 5.20. The zero-order chi connectivity index (χ0) is 23.6. The van der Waals surface area contributed by atoms with Gasteiger partial charge in [-0.1, -0.05) is 48.8 Å². The van der Waals surface area contributed by atoms with Crippen LogP contribution >= 0.6 is 35.0 Å². The van der Waals surface area contributed by atoms with E-state index in [1.807, 2.05) is 45.0 Å². The molecule has 0 saturated heterocycles. The number of nitrogens with zero attached hydrogens (tertiary/aromatic N) is 2. The number of aromatic nitrogens is 2. The van der Waals surface area contributed by atoms with Crippen molar-refractivity contribution in [3.63, 3.8) is 0 Å². The van der Waals surface area contributed by atoms with Crippen LogP contribution in [0.1, 0.15) is 48.1 Å². The van der Waals surface area contributed by atoms with Gasteiger partial charge < -0.3 is 9.67 Å². The van der Waals surface area contributed by atoms with Gasteiger partial charge in [-0.3, -0.25) is 9.78 Å². The van der Waals surface area contributed by atoms with Gasteiger partial charge in [0.25, 0.3) is 0 Å². The lowest BCUT2D eigenvalue weighted by molar-refractivity contribution is -0.149. The predicted octanol–water partition coefficient (Wildman–Crippen LogP) is 6.39. The summed E-state index contributed by atoms with van der Waals surface area (Å²) in [5, 5.41) is 11.2.